The minimum atomic E-state index is -0.335. The van der Waals surface area contributed by atoms with Crippen molar-refractivity contribution in [3.63, 3.8) is 0 Å². The number of aliphatic hydroxyl groups is 1. The van der Waals surface area contributed by atoms with Crippen LogP contribution in [0.15, 0.2) is 16.4 Å². The van der Waals surface area contributed by atoms with Crippen molar-refractivity contribution in [2.45, 2.75) is 13.3 Å². The number of nitrogens with two attached hydrogens (primary N) is 1. The van der Waals surface area contributed by atoms with Gasteiger partial charge in [-0.05, 0) is 19.9 Å². The van der Waals surface area contributed by atoms with Crippen LogP contribution in [0.2, 0.25) is 0 Å². The summed E-state index contributed by atoms with van der Waals surface area (Å²) < 4.78 is 0. The van der Waals surface area contributed by atoms with Crippen molar-refractivity contribution >= 4 is 12.0 Å². The molecule has 0 radical (unpaired) electrons. The lowest BCUT2D eigenvalue weighted by Gasteiger charge is -2.13. The van der Waals surface area contributed by atoms with Gasteiger partial charge < -0.3 is 10.8 Å². The van der Waals surface area contributed by atoms with E-state index in [1.165, 1.54) is 0 Å². The highest BCUT2D eigenvalue weighted by Gasteiger charge is 2.24. The molecule has 0 aromatic rings. The lowest BCUT2D eigenvalue weighted by atomic mass is 9.97. The molecular weight excluding hydrogens is 156 g/mol. The number of carbonyl (C=O) groups is 1. The second-order valence-electron chi connectivity index (χ2n) is 2.76. The van der Waals surface area contributed by atoms with Gasteiger partial charge in [0.05, 0.1) is 11.6 Å². The van der Waals surface area contributed by atoms with Crippen LogP contribution in [0.4, 0.5) is 0 Å². The van der Waals surface area contributed by atoms with Gasteiger partial charge in [0.15, 0.2) is 5.76 Å². The van der Waals surface area contributed by atoms with Crippen molar-refractivity contribution in [3.05, 3.63) is 11.5 Å². The van der Waals surface area contributed by atoms with E-state index >= 15 is 0 Å². The molecule has 1 heterocycles. The number of allylic oxidation sites excluding steroid dienone is 2. The molecule has 0 saturated heterocycles. The van der Waals surface area contributed by atoms with Crippen LogP contribution in [0.5, 0.6) is 0 Å². The van der Waals surface area contributed by atoms with Crippen LogP contribution >= 0.6 is 0 Å². The number of hydrogen-bond donors (Lipinski definition) is 2. The van der Waals surface area contributed by atoms with Gasteiger partial charge in [-0.3, -0.25) is 9.79 Å². The van der Waals surface area contributed by atoms with Gasteiger partial charge >= 0.3 is 0 Å². The summed E-state index contributed by atoms with van der Waals surface area (Å²) in [5.41, 5.74) is 5.67. The Morgan fingerprint density at radius 3 is 3.00 bits per heavy atom. The average Bonchev–Trinajstić information content (AvgIpc) is 2.07. The summed E-state index contributed by atoms with van der Waals surface area (Å²) in [6, 6.07) is 0. The largest absolute Gasteiger partial charge is 0.503 e. The van der Waals surface area contributed by atoms with Crippen molar-refractivity contribution in [1.29, 1.82) is 0 Å². The summed E-state index contributed by atoms with van der Waals surface area (Å²) in [6.45, 7) is 2.02. The summed E-state index contributed by atoms with van der Waals surface area (Å²) in [6.07, 6.45) is 2.09. The van der Waals surface area contributed by atoms with Crippen molar-refractivity contribution < 1.29 is 9.90 Å². The molecular formula is C8H12N2O2. The number of nitrogens with zero attached hydrogens (tertiary/aromatic N) is 1. The number of aliphatic hydroxyl groups excluding tert-OH is 1. The summed E-state index contributed by atoms with van der Waals surface area (Å²) in [5.74, 6) is -0.831. The first-order valence-electron chi connectivity index (χ1n) is 3.85. The highest BCUT2D eigenvalue weighted by molar-refractivity contribution is 6.06. The van der Waals surface area contributed by atoms with Gasteiger partial charge in [-0.2, -0.15) is 0 Å². The monoisotopic (exact) mass is 168 g/mol. The van der Waals surface area contributed by atoms with Crippen molar-refractivity contribution in [2.24, 2.45) is 16.6 Å². The fourth-order valence-electron chi connectivity index (χ4n) is 1.07. The highest BCUT2D eigenvalue weighted by atomic mass is 16.3. The summed E-state index contributed by atoms with van der Waals surface area (Å²) >= 11 is 0. The summed E-state index contributed by atoms with van der Waals surface area (Å²) in [4.78, 5) is 15.2. The van der Waals surface area contributed by atoms with E-state index in [4.69, 9.17) is 5.73 Å². The zero-order valence-electron chi connectivity index (χ0n) is 6.95. The van der Waals surface area contributed by atoms with Crippen LogP contribution in [-0.2, 0) is 4.79 Å². The van der Waals surface area contributed by atoms with Gasteiger partial charge in [-0.15, -0.1) is 0 Å². The molecule has 0 spiro atoms. The molecule has 0 aromatic carbocycles. The molecule has 4 heteroatoms. The fraction of sp³-hybridized carbons (Fsp3) is 0.500. The molecule has 4 nitrogen and oxygen atoms in total. The number of carbonyl (C=O) groups excluding carboxylic acids is 1. The van der Waals surface area contributed by atoms with Gasteiger partial charge in [0, 0.05) is 6.21 Å². The summed E-state index contributed by atoms with van der Waals surface area (Å²) in [7, 11) is 0. The Morgan fingerprint density at radius 2 is 2.42 bits per heavy atom. The number of Topliss-reactive ketones (excluding diaryl/α,β-unsaturated/α-hetero) is 1. The second kappa shape index (κ2) is 3.49. The Bertz CT molecular complexity index is 256. The third-order valence-electron chi connectivity index (χ3n) is 1.84. The van der Waals surface area contributed by atoms with E-state index in [0.29, 0.717) is 18.7 Å². The van der Waals surface area contributed by atoms with Crippen molar-refractivity contribution in [3.8, 4) is 0 Å². The molecule has 0 saturated carbocycles. The quantitative estimate of drug-likeness (QED) is 0.626. The zero-order chi connectivity index (χ0) is 9.14. The molecule has 1 aliphatic rings. The van der Waals surface area contributed by atoms with Crippen molar-refractivity contribution in [1.82, 2.24) is 0 Å². The Kier molecular flexibility index (Phi) is 2.60. The van der Waals surface area contributed by atoms with E-state index in [1.54, 1.807) is 13.1 Å². The van der Waals surface area contributed by atoms with E-state index in [-0.39, 0.29) is 17.5 Å². The normalized spacial score (nSPS) is 23.5. The molecule has 1 atom stereocenters. The number of ketones is 1. The molecule has 0 bridgehead atoms. The Labute approximate surface area is 70.8 Å². The standard InChI is InChI=1S/C8H12N2O2/c1-5-7(11)8(12)6(2-3-9)4-10-5/h4,6,11H,2-3,9H2,1H3. The third-order valence-corrected chi connectivity index (χ3v) is 1.84. The van der Waals surface area contributed by atoms with Crippen LogP contribution in [0.25, 0.3) is 0 Å². The van der Waals surface area contributed by atoms with E-state index in [0.717, 1.165) is 0 Å². The van der Waals surface area contributed by atoms with Gasteiger partial charge in [0.25, 0.3) is 0 Å². The van der Waals surface area contributed by atoms with Crippen LogP contribution in [-0.4, -0.2) is 23.6 Å². The predicted octanol–water partition coefficient (Wildman–Crippen LogP) is 0.394. The SMILES string of the molecule is CC1=C(O)C(=O)C(CCN)C=N1. The molecule has 1 aliphatic heterocycles. The number of rotatable bonds is 2. The zero-order valence-corrected chi connectivity index (χ0v) is 6.95. The molecule has 1 unspecified atom stereocenters. The minimum absolute atomic E-state index is 0.226. The number of hydrogen-bond acceptors (Lipinski definition) is 4. The van der Waals surface area contributed by atoms with Crippen LogP contribution in [0, 0.1) is 5.92 Å². The molecule has 0 amide bonds. The van der Waals surface area contributed by atoms with Gasteiger partial charge in [0.1, 0.15) is 0 Å². The molecule has 66 valence electrons. The van der Waals surface area contributed by atoms with Crippen LogP contribution in [0.3, 0.4) is 0 Å². The van der Waals surface area contributed by atoms with Crippen molar-refractivity contribution in [2.75, 3.05) is 6.54 Å². The average molecular weight is 168 g/mol. The molecule has 12 heavy (non-hydrogen) atoms. The lowest BCUT2D eigenvalue weighted by Crippen LogP contribution is -2.24. The van der Waals surface area contributed by atoms with E-state index in [9.17, 15) is 9.90 Å². The molecule has 0 aromatic heterocycles. The summed E-state index contributed by atoms with van der Waals surface area (Å²) in [5, 5.41) is 9.22. The first kappa shape index (κ1) is 8.93. The Morgan fingerprint density at radius 1 is 1.75 bits per heavy atom. The minimum Gasteiger partial charge on any atom is -0.503 e. The van der Waals surface area contributed by atoms with Crippen LogP contribution in [0.1, 0.15) is 13.3 Å². The van der Waals surface area contributed by atoms with Gasteiger partial charge in [-0.1, -0.05) is 0 Å². The maximum absolute atomic E-state index is 11.3. The Hall–Kier alpha value is -1.16. The third kappa shape index (κ3) is 1.53. The van der Waals surface area contributed by atoms with E-state index in [1.807, 2.05) is 0 Å². The smallest absolute Gasteiger partial charge is 0.207 e. The fourth-order valence-corrected chi connectivity index (χ4v) is 1.07. The second-order valence-corrected chi connectivity index (χ2v) is 2.76. The Balaban J connectivity index is 2.78. The first-order valence-corrected chi connectivity index (χ1v) is 3.85. The van der Waals surface area contributed by atoms with E-state index in [2.05, 4.69) is 4.99 Å². The highest BCUT2D eigenvalue weighted by Crippen LogP contribution is 2.16. The number of aliphatic imine (C=N–C) groups is 1. The molecule has 3 N–H and O–H groups in total. The maximum atomic E-state index is 11.3. The molecule has 0 fully saturated rings. The van der Waals surface area contributed by atoms with E-state index < -0.39 is 0 Å². The molecule has 1 rings (SSSR count). The topological polar surface area (TPSA) is 75.7 Å². The first-order chi connectivity index (χ1) is 5.66. The van der Waals surface area contributed by atoms with Crippen LogP contribution < -0.4 is 5.73 Å². The van der Waals surface area contributed by atoms with Gasteiger partial charge in [0.2, 0.25) is 5.78 Å². The maximum Gasteiger partial charge on any atom is 0.207 e. The van der Waals surface area contributed by atoms with Gasteiger partial charge in [-0.25, -0.2) is 0 Å². The lowest BCUT2D eigenvalue weighted by molar-refractivity contribution is -0.120. The predicted molar refractivity (Wildman–Crippen MR) is 46.0 cm³/mol. The molecule has 0 aliphatic carbocycles.